The lowest BCUT2D eigenvalue weighted by atomic mass is 10.1. The molecule has 1 N–H and O–H groups in total. The minimum absolute atomic E-state index is 0.171. The maximum absolute atomic E-state index is 14.3. The minimum atomic E-state index is -1.14. The number of hydrogen-bond donors (Lipinski definition) is 1. The second-order valence-electron chi connectivity index (χ2n) is 5.12. The molecule has 0 aromatic heterocycles. The van der Waals surface area contributed by atoms with Crippen molar-refractivity contribution in [2.24, 2.45) is 0 Å². The summed E-state index contributed by atoms with van der Waals surface area (Å²) < 4.78 is 33.2. The van der Waals surface area contributed by atoms with Crippen LogP contribution in [0.3, 0.4) is 0 Å². The zero-order valence-corrected chi connectivity index (χ0v) is 16.1. The van der Waals surface area contributed by atoms with Crippen LogP contribution in [0.1, 0.15) is 10.4 Å². The fourth-order valence-electron chi connectivity index (χ4n) is 2.43. The van der Waals surface area contributed by atoms with Gasteiger partial charge in [-0.3, -0.25) is 0 Å². The Balaban J connectivity index is 2.75. The smallest absolute Gasteiger partial charge is 0.355 e. The number of anilines is 1. The summed E-state index contributed by atoms with van der Waals surface area (Å²) in [5, 5.41) is 10.5. The Labute approximate surface area is 161 Å². The summed E-state index contributed by atoms with van der Waals surface area (Å²) >= 11 is 2.94. The number of benzene rings is 1. The number of methoxy groups -OCH3 is 3. The third-order valence-corrected chi connectivity index (χ3v) is 4.26. The van der Waals surface area contributed by atoms with E-state index in [-0.39, 0.29) is 34.8 Å². The van der Waals surface area contributed by atoms with Crippen molar-refractivity contribution in [1.29, 1.82) is 0 Å². The summed E-state index contributed by atoms with van der Waals surface area (Å²) in [6, 6.07) is 1.11. The van der Waals surface area contributed by atoms with Crippen LogP contribution in [0.4, 0.5) is 10.1 Å². The first-order valence-electron chi connectivity index (χ1n) is 7.32. The van der Waals surface area contributed by atoms with E-state index in [1.165, 1.54) is 0 Å². The van der Waals surface area contributed by atoms with Crippen LogP contribution in [0, 0.1) is 5.82 Å². The number of carbonyl (C=O) groups excluding carboxylic acids is 3. The Morgan fingerprint density at radius 2 is 1.74 bits per heavy atom. The fourth-order valence-corrected chi connectivity index (χ4v) is 2.85. The lowest BCUT2D eigenvalue weighted by molar-refractivity contribution is -0.140. The number of hydrogen-bond acceptors (Lipinski definition) is 9. The largest absolute Gasteiger partial charge is 0.505 e. The molecule has 0 spiro atoms. The van der Waals surface area contributed by atoms with E-state index in [2.05, 4.69) is 25.4 Å². The van der Waals surface area contributed by atoms with Gasteiger partial charge in [-0.05, 0) is 22.0 Å². The Hall–Kier alpha value is -2.66. The fraction of sp³-hybridized carbons (Fsp3) is 0.312. The summed E-state index contributed by atoms with van der Waals surface area (Å²) in [5.41, 5.74) is -1.39. The van der Waals surface area contributed by atoms with Crippen LogP contribution < -0.4 is 4.90 Å². The van der Waals surface area contributed by atoms with E-state index >= 15 is 0 Å². The van der Waals surface area contributed by atoms with Crippen LogP contribution in [0.5, 0.6) is 5.75 Å². The Morgan fingerprint density at radius 1 is 1.15 bits per heavy atom. The van der Waals surface area contributed by atoms with Gasteiger partial charge in [0.1, 0.15) is 18.0 Å². The zero-order chi connectivity index (χ0) is 20.3. The molecule has 2 rings (SSSR count). The number of carbonyl (C=O) groups is 3. The predicted molar refractivity (Wildman–Crippen MR) is 91.5 cm³/mol. The zero-order valence-electron chi connectivity index (χ0n) is 14.5. The normalized spacial score (nSPS) is 14.0. The molecular weight excluding hydrogens is 433 g/mol. The molecule has 0 radical (unpaired) electrons. The molecule has 0 aliphatic carbocycles. The summed E-state index contributed by atoms with van der Waals surface area (Å²) in [7, 11) is 3.23. The van der Waals surface area contributed by atoms with Crippen molar-refractivity contribution in [3.63, 3.8) is 0 Å². The third kappa shape index (κ3) is 3.74. The van der Waals surface area contributed by atoms with Crippen molar-refractivity contribution in [2.75, 3.05) is 39.6 Å². The van der Waals surface area contributed by atoms with Crippen molar-refractivity contribution < 1.29 is 42.8 Å². The molecule has 0 fully saturated rings. The number of halogens is 2. The summed E-state index contributed by atoms with van der Waals surface area (Å²) in [5.74, 6) is -4.77. The predicted octanol–water partition coefficient (Wildman–Crippen LogP) is 1.47. The molecular formula is C16H15BrFNO8. The molecule has 0 atom stereocenters. The van der Waals surface area contributed by atoms with Crippen molar-refractivity contribution in [2.45, 2.75) is 0 Å². The summed E-state index contributed by atoms with van der Waals surface area (Å²) in [4.78, 5) is 37.2. The highest BCUT2D eigenvalue weighted by Gasteiger charge is 2.35. The molecule has 0 saturated heterocycles. The number of phenolic OH excluding ortho intramolecular Hbond substituents is 1. The van der Waals surface area contributed by atoms with E-state index in [4.69, 9.17) is 9.47 Å². The lowest BCUT2D eigenvalue weighted by Crippen LogP contribution is -2.39. The standard InChI is InChI=1S/C16H15BrFNO8/c1-24-14(21)7-5-27-6-19(12(7)16(23)26-3)9-4-8(17)11(18)10(13(9)20)15(22)25-2/h4,20H,5-6H2,1-3H3. The van der Waals surface area contributed by atoms with Crippen molar-refractivity contribution in [1.82, 2.24) is 0 Å². The number of phenols is 1. The van der Waals surface area contributed by atoms with E-state index in [1.54, 1.807) is 0 Å². The van der Waals surface area contributed by atoms with E-state index in [9.17, 15) is 23.9 Å². The molecule has 9 nitrogen and oxygen atoms in total. The van der Waals surface area contributed by atoms with Gasteiger partial charge in [0, 0.05) is 0 Å². The maximum atomic E-state index is 14.3. The van der Waals surface area contributed by atoms with Gasteiger partial charge in [-0.25, -0.2) is 18.8 Å². The van der Waals surface area contributed by atoms with Gasteiger partial charge in [0.05, 0.1) is 43.7 Å². The first kappa shape index (κ1) is 20.6. The van der Waals surface area contributed by atoms with Gasteiger partial charge in [-0.15, -0.1) is 0 Å². The van der Waals surface area contributed by atoms with Gasteiger partial charge < -0.3 is 29.0 Å². The Kier molecular flexibility index (Phi) is 6.39. The average molecular weight is 448 g/mol. The van der Waals surface area contributed by atoms with Crippen LogP contribution >= 0.6 is 15.9 Å². The molecule has 1 aromatic carbocycles. The van der Waals surface area contributed by atoms with E-state index < -0.39 is 35.0 Å². The molecule has 0 bridgehead atoms. The Morgan fingerprint density at radius 3 is 2.30 bits per heavy atom. The number of ether oxygens (including phenoxy) is 4. The van der Waals surface area contributed by atoms with Gasteiger partial charge >= 0.3 is 17.9 Å². The Bertz CT molecular complexity index is 838. The van der Waals surface area contributed by atoms with Crippen molar-refractivity contribution in [3.8, 4) is 5.75 Å². The lowest BCUT2D eigenvalue weighted by Gasteiger charge is -2.32. The van der Waals surface area contributed by atoms with Gasteiger partial charge in [-0.1, -0.05) is 0 Å². The highest BCUT2D eigenvalue weighted by Crippen LogP contribution is 2.40. The van der Waals surface area contributed by atoms with Crippen LogP contribution in [0.2, 0.25) is 0 Å². The molecule has 1 aliphatic heterocycles. The number of rotatable bonds is 4. The molecule has 1 heterocycles. The molecule has 0 amide bonds. The third-order valence-electron chi connectivity index (χ3n) is 3.69. The van der Waals surface area contributed by atoms with Crippen LogP contribution in [0.25, 0.3) is 0 Å². The second kappa shape index (κ2) is 8.35. The topological polar surface area (TPSA) is 112 Å². The van der Waals surface area contributed by atoms with Crippen molar-refractivity contribution >= 4 is 39.5 Å². The number of nitrogens with zero attached hydrogens (tertiary/aromatic N) is 1. The van der Waals surface area contributed by atoms with Gasteiger partial charge in [0.25, 0.3) is 0 Å². The van der Waals surface area contributed by atoms with Gasteiger partial charge in [-0.2, -0.15) is 0 Å². The van der Waals surface area contributed by atoms with E-state index in [1.807, 2.05) is 0 Å². The molecule has 1 aliphatic rings. The van der Waals surface area contributed by atoms with Crippen LogP contribution in [-0.2, 0) is 28.5 Å². The second-order valence-corrected chi connectivity index (χ2v) is 5.98. The molecule has 27 heavy (non-hydrogen) atoms. The average Bonchev–Trinajstić information content (AvgIpc) is 2.68. The monoisotopic (exact) mass is 447 g/mol. The number of aromatic hydroxyl groups is 1. The van der Waals surface area contributed by atoms with Crippen molar-refractivity contribution in [3.05, 3.63) is 33.2 Å². The molecule has 146 valence electrons. The van der Waals surface area contributed by atoms with Gasteiger partial charge in [0.2, 0.25) is 0 Å². The van der Waals surface area contributed by atoms with Crippen LogP contribution in [-0.4, -0.2) is 57.7 Å². The molecule has 0 unspecified atom stereocenters. The van der Waals surface area contributed by atoms with Crippen LogP contribution in [0.15, 0.2) is 21.8 Å². The van der Waals surface area contributed by atoms with E-state index in [0.29, 0.717) is 0 Å². The molecule has 0 saturated carbocycles. The first-order valence-corrected chi connectivity index (χ1v) is 8.12. The maximum Gasteiger partial charge on any atom is 0.355 e. The summed E-state index contributed by atoms with van der Waals surface area (Å²) in [6.45, 7) is -0.544. The minimum Gasteiger partial charge on any atom is -0.505 e. The summed E-state index contributed by atoms with van der Waals surface area (Å²) in [6.07, 6.45) is 0. The quantitative estimate of drug-likeness (QED) is 0.541. The molecule has 11 heteroatoms. The first-order chi connectivity index (χ1) is 12.8. The van der Waals surface area contributed by atoms with E-state index in [0.717, 1.165) is 32.3 Å². The number of esters is 3. The highest BCUT2D eigenvalue weighted by atomic mass is 79.9. The SMILES string of the molecule is COC(=O)C1=C(C(=O)OC)N(c2cc(Br)c(F)c(C(=O)OC)c2O)COC1. The highest BCUT2D eigenvalue weighted by molar-refractivity contribution is 9.10. The molecule has 1 aromatic rings. The van der Waals surface area contributed by atoms with Gasteiger partial charge in [0.15, 0.2) is 11.6 Å².